The molecular weight excluding hydrogens is 344 g/mol. The van der Waals surface area contributed by atoms with Crippen LogP contribution in [0.5, 0.6) is 0 Å². The van der Waals surface area contributed by atoms with E-state index in [1.807, 2.05) is 60.7 Å². The maximum Gasteiger partial charge on any atom is 0.125 e. The minimum Gasteiger partial charge on any atom is -1.00 e. The van der Waals surface area contributed by atoms with Crippen molar-refractivity contribution in [3.8, 4) is 11.8 Å². The third-order valence-electron chi connectivity index (χ3n) is 4.87. The molecule has 2 aromatic carbocycles. The highest BCUT2D eigenvalue weighted by Gasteiger charge is 2.30. The van der Waals surface area contributed by atoms with Crippen molar-refractivity contribution in [1.82, 2.24) is 9.80 Å². The molecule has 4 heteroatoms. The van der Waals surface area contributed by atoms with E-state index in [2.05, 4.69) is 28.7 Å². The molecule has 3 nitrogen and oxygen atoms in total. The molecule has 0 atom stereocenters. The zero-order valence-electron chi connectivity index (χ0n) is 15.2. The van der Waals surface area contributed by atoms with E-state index in [-0.39, 0.29) is 12.4 Å². The lowest BCUT2D eigenvalue weighted by Crippen LogP contribution is -3.00. The second kappa shape index (κ2) is 9.75. The van der Waals surface area contributed by atoms with Gasteiger partial charge in [-0.05, 0) is 18.2 Å². The van der Waals surface area contributed by atoms with Crippen LogP contribution in [0.4, 0.5) is 0 Å². The maximum absolute atomic E-state index is 11.4. The molecule has 0 spiro atoms. The van der Waals surface area contributed by atoms with Crippen molar-refractivity contribution in [2.24, 2.45) is 0 Å². The van der Waals surface area contributed by atoms with Crippen molar-refractivity contribution in [1.29, 1.82) is 0 Å². The Morgan fingerprint density at radius 2 is 1.35 bits per heavy atom. The van der Waals surface area contributed by atoms with Gasteiger partial charge in [-0.1, -0.05) is 72.5 Å². The largest absolute Gasteiger partial charge is 1.00 e. The number of hydrogen-bond donors (Lipinski definition) is 1. The fourth-order valence-corrected chi connectivity index (χ4v) is 3.16. The number of likely N-dealkylation sites (N-methyl/N-ethyl adjacent to an activating group) is 1. The van der Waals surface area contributed by atoms with Crippen LogP contribution in [-0.2, 0) is 5.60 Å². The molecule has 1 N–H and O–H groups in total. The number of rotatable bonds is 4. The van der Waals surface area contributed by atoms with Gasteiger partial charge in [0, 0.05) is 32.6 Å². The molecule has 26 heavy (non-hydrogen) atoms. The second-order valence-electron chi connectivity index (χ2n) is 6.70. The van der Waals surface area contributed by atoms with E-state index in [1.165, 1.54) is 0 Å². The van der Waals surface area contributed by atoms with Crippen LogP contribution < -0.4 is 12.4 Å². The third-order valence-corrected chi connectivity index (χ3v) is 4.87. The molecule has 0 aromatic heterocycles. The van der Waals surface area contributed by atoms with E-state index in [9.17, 15) is 5.11 Å². The standard InChI is InChI=1S/C22H26N2O.ClH/c1-23-16-18-24(19-17-23)15-9-8-14-22(25,20-10-4-2-5-11-20)21-12-6-3-7-13-21;/h2-7,10-13,25H,14-19H2,1H3;1H/p-1. The van der Waals surface area contributed by atoms with Crippen LogP contribution in [0.1, 0.15) is 17.5 Å². The molecular formula is C22H26ClN2O-. The average molecular weight is 370 g/mol. The first kappa shape index (κ1) is 20.5. The van der Waals surface area contributed by atoms with Gasteiger partial charge in [-0.15, -0.1) is 0 Å². The van der Waals surface area contributed by atoms with E-state index < -0.39 is 5.60 Å². The smallest absolute Gasteiger partial charge is 0.125 e. The lowest BCUT2D eigenvalue weighted by Gasteiger charge is -2.31. The second-order valence-corrected chi connectivity index (χ2v) is 6.70. The molecule has 1 fully saturated rings. The molecule has 1 saturated heterocycles. The molecule has 0 aliphatic carbocycles. The van der Waals surface area contributed by atoms with E-state index in [1.54, 1.807) is 0 Å². The monoisotopic (exact) mass is 369 g/mol. The van der Waals surface area contributed by atoms with Gasteiger partial charge in [0.25, 0.3) is 0 Å². The summed E-state index contributed by atoms with van der Waals surface area (Å²) >= 11 is 0. The number of benzene rings is 2. The summed E-state index contributed by atoms with van der Waals surface area (Å²) < 4.78 is 0. The lowest BCUT2D eigenvalue weighted by atomic mass is 9.84. The summed E-state index contributed by atoms with van der Waals surface area (Å²) in [4.78, 5) is 4.71. The molecule has 138 valence electrons. The summed E-state index contributed by atoms with van der Waals surface area (Å²) in [7, 11) is 2.16. The fourth-order valence-electron chi connectivity index (χ4n) is 3.16. The highest BCUT2D eigenvalue weighted by Crippen LogP contribution is 2.32. The summed E-state index contributed by atoms with van der Waals surface area (Å²) in [5.74, 6) is 6.49. The van der Waals surface area contributed by atoms with Crippen LogP contribution in [0.3, 0.4) is 0 Å². The van der Waals surface area contributed by atoms with Crippen molar-refractivity contribution >= 4 is 0 Å². The van der Waals surface area contributed by atoms with Crippen LogP contribution in [0.25, 0.3) is 0 Å². The first-order valence-corrected chi connectivity index (χ1v) is 8.88. The van der Waals surface area contributed by atoms with Crippen LogP contribution in [0.15, 0.2) is 60.7 Å². The molecule has 0 bridgehead atoms. The molecule has 1 aliphatic heterocycles. The topological polar surface area (TPSA) is 26.7 Å². The first-order chi connectivity index (χ1) is 12.2. The van der Waals surface area contributed by atoms with Gasteiger partial charge in [0.15, 0.2) is 0 Å². The number of halogens is 1. The normalized spacial score (nSPS) is 15.6. The van der Waals surface area contributed by atoms with Crippen LogP contribution in [-0.4, -0.2) is 54.7 Å². The SMILES string of the molecule is CN1CCN(CC#CCC(O)(c2ccccc2)c2ccccc2)CC1.[Cl-]. The molecule has 1 heterocycles. The third kappa shape index (κ3) is 5.09. The Morgan fingerprint density at radius 1 is 0.846 bits per heavy atom. The molecule has 2 aromatic rings. The number of piperazine rings is 1. The van der Waals surface area contributed by atoms with Gasteiger partial charge in [0.05, 0.1) is 6.54 Å². The van der Waals surface area contributed by atoms with Gasteiger partial charge in [-0.25, -0.2) is 0 Å². The Hall–Kier alpha value is -1.83. The zero-order chi connectivity index (χ0) is 17.5. The average Bonchev–Trinajstić information content (AvgIpc) is 2.68. The summed E-state index contributed by atoms with van der Waals surface area (Å²) in [5.41, 5.74) is 0.697. The van der Waals surface area contributed by atoms with Crippen molar-refractivity contribution in [3.63, 3.8) is 0 Å². The minimum atomic E-state index is -1.07. The van der Waals surface area contributed by atoms with Crippen molar-refractivity contribution < 1.29 is 17.5 Å². The quantitative estimate of drug-likeness (QED) is 0.741. The first-order valence-electron chi connectivity index (χ1n) is 8.88. The lowest BCUT2D eigenvalue weighted by molar-refractivity contribution is -0.00000922. The van der Waals surface area contributed by atoms with Crippen molar-refractivity contribution in [3.05, 3.63) is 71.8 Å². The van der Waals surface area contributed by atoms with Crippen LogP contribution in [0, 0.1) is 11.8 Å². The van der Waals surface area contributed by atoms with Crippen LogP contribution >= 0.6 is 0 Å². The molecule has 0 saturated carbocycles. The molecule has 3 rings (SSSR count). The molecule has 0 radical (unpaired) electrons. The van der Waals surface area contributed by atoms with Gasteiger partial charge in [0.1, 0.15) is 5.60 Å². The summed E-state index contributed by atoms with van der Waals surface area (Å²) in [6, 6.07) is 19.6. The minimum absolute atomic E-state index is 0. The summed E-state index contributed by atoms with van der Waals surface area (Å²) in [5, 5.41) is 11.4. The molecule has 1 aliphatic rings. The number of hydrogen-bond acceptors (Lipinski definition) is 3. The number of nitrogens with zero attached hydrogens (tertiary/aromatic N) is 2. The Balaban J connectivity index is 0.00000243. The number of aliphatic hydroxyl groups is 1. The molecule has 0 amide bonds. The highest BCUT2D eigenvalue weighted by molar-refractivity contribution is 5.37. The molecule has 0 unspecified atom stereocenters. The van der Waals surface area contributed by atoms with Crippen molar-refractivity contribution in [2.75, 3.05) is 39.8 Å². The van der Waals surface area contributed by atoms with Gasteiger partial charge in [-0.2, -0.15) is 0 Å². The summed E-state index contributed by atoms with van der Waals surface area (Å²) in [6.07, 6.45) is 0.398. The van der Waals surface area contributed by atoms with Crippen LogP contribution in [0.2, 0.25) is 0 Å². The summed E-state index contributed by atoms with van der Waals surface area (Å²) in [6.45, 7) is 5.09. The zero-order valence-corrected chi connectivity index (χ0v) is 16.0. The van der Waals surface area contributed by atoms with Crippen molar-refractivity contribution in [2.45, 2.75) is 12.0 Å². The Morgan fingerprint density at radius 3 is 1.85 bits per heavy atom. The Kier molecular flexibility index (Phi) is 7.68. The Labute approximate surface area is 163 Å². The highest BCUT2D eigenvalue weighted by atomic mass is 35.5. The fraction of sp³-hybridized carbons (Fsp3) is 0.364. The van der Waals surface area contributed by atoms with Gasteiger partial charge >= 0.3 is 0 Å². The van der Waals surface area contributed by atoms with Gasteiger partial charge in [0.2, 0.25) is 0 Å². The van der Waals surface area contributed by atoms with Gasteiger partial charge < -0.3 is 22.4 Å². The van der Waals surface area contributed by atoms with E-state index in [0.29, 0.717) is 6.42 Å². The van der Waals surface area contributed by atoms with E-state index >= 15 is 0 Å². The predicted molar refractivity (Wildman–Crippen MR) is 102 cm³/mol. The van der Waals surface area contributed by atoms with E-state index in [0.717, 1.165) is 43.9 Å². The van der Waals surface area contributed by atoms with Gasteiger partial charge in [-0.3, -0.25) is 4.90 Å². The maximum atomic E-state index is 11.4. The van der Waals surface area contributed by atoms with E-state index in [4.69, 9.17) is 0 Å². The Bertz CT molecular complexity index is 677. The predicted octanol–water partition coefficient (Wildman–Crippen LogP) is -0.433.